The molecule has 0 aliphatic carbocycles. The number of aliphatic hydroxyl groups is 1. The number of nitrogens with zero attached hydrogens (tertiary/aromatic N) is 3. The Bertz CT molecular complexity index is 1260. The first-order valence-corrected chi connectivity index (χ1v) is 10.3. The quantitative estimate of drug-likeness (QED) is 0.356. The van der Waals surface area contributed by atoms with E-state index < -0.39 is 29.3 Å². The third-order valence-electron chi connectivity index (χ3n) is 5.02. The van der Waals surface area contributed by atoms with Crippen LogP contribution in [-0.2, 0) is 9.59 Å². The van der Waals surface area contributed by atoms with Crippen LogP contribution in [0.4, 0.5) is 9.52 Å². The summed E-state index contributed by atoms with van der Waals surface area (Å²) in [5.74, 6) is -2.52. The van der Waals surface area contributed by atoms with Crippen LogP contribution in [0.15, 0.2) is 48.0 Å². The first-order valence-electron chi connectivity index (χ1n) is 9.45. The van der Waals surface area contributed by atoms with Crippen molar-refractivity contribution >= 4 is 33.9 Å². The van der Waals surface area contributed by atoms with Gasteiger partial charge in [0.1, 0.15) is 34.1 Å². The SMILES string of the molecule is COc1ccc(F)cc1C(O)=C1C(=O)C(=O)N(c2nnc(C)s2)[C@@H]1c1ccccc1OC. The third-order valence-corrected chi connectivity index (χ3v) is 5.85. The highest BCUT2D eigenvalue weighted by Gasteiger charge is 2.49. The van der Waals surface area contributed by atoms with Crippen LogP contribution in [0, 0.1) is 12.7 Å². The molecule has 3 aromatic rings. The number of amides is 1. The minimum absolute atomic E-state index is 0.0566. The van der Waals surface area contributed by atoms with Crippen molar-refractivity contribution < 1.29 is 28.6 Å². The number of ether oxygens (including phenoxy) is 2. The van der Waals surface area contributed by atoms with Crippen LogP contribution >= 0.6 is 11.3 Å². The largest absolute Gasteiger partial charge is 0.507 e. The zero-order valence-corrected chi connectivity index (χ0v) is 18.1. The van der Waals surface area contributed by atoms with Crippen LogP contribution in [-0.4, -0.2) is 41.2 Å². The summed E-state index contributed by atoms with van der Waals surface area (Å²) >= 11 is 1.12. The van der Waals surface area contributed by atoms with Gasteiger partial charge in [0.25, 0.3) is 5.78 Å². The molecule has 32 heavy (non-hydrogen) atoms. The predicted octanol–water partition coefficient (Wildman–Crippen LogP) is 3.63. The number of aromatic nitrogens is 2. The minimum Gasteiger partial charge on any atom is -0.507 e. The van der Waals surface area contributed by atoms with E-state index in [0.717, 1.165) is 23.5 Å². The molecule has 0 bridgehead atoms. The molecule has 1 amide bonds. The van der Waals surface area contributed by atoms with E-state index in [1.165, 1.54) is 25.2 Å². The fourth-order valence-electron chi connectivity index (χ4n) is 3.61. The van der Waals surface area contributed by atoms with Crippen LogP contribution in [0.3, 0.4) is 0 Å². The Balaban J connectivity index is 2.02. The number of halogens is 1. The predicted molar refractivity (Wildman–Crippen MR) is 115 cm³/mol. The molecule has 164 valence electrons. The Labute approximate surface area is 186 Å². The number of benzene rings is 2. The molecule has 1 atom stereocenters. The van der Waals surface area contributed by atoms with Crippen molar-refractivity contribution in [3.8, 4) is 11.5 Å². The smallest absolute Gasteiger partial charge is 0.301 e. The first-order chi connectivity index (χ1) is 15.4. The molecule has 1 aliphatic rings. The standard InChI is InChI=1S/C22H18FN3O5S/c1-11-24-25-22(32-11)26-18(13-6-4-5-7-15(13)30-2)17(20(28)21(26)29)19(27)14-10-12(23)8-9-16(14)31-3/h4-10,18,27H,1-3H3/t18-/m1/s1. The Kier molecular flexibility index (Phi) is 5.62. The number of anilines is 1. The molecule has 0 unspecified atom stereocenters. The van der Waals surface area contributed by atoms with Crippen molar-refractivity contribution in [1.29, 1.82) is 0 Å². The van der Waals surface area contributed by atoms with Crippen molar-refractivity contribution in [2.24, 2.45) is 0 Å². The van der Waals surface area contributed by atoms with Crippen molar-refractivity contribution in [1.82, 2.24) is 10.2 Å². The van der Waals surface area contributed by atoms with E-state index in [0.29, 0.717) is 16.3 Å². The first kappa shape index (κ1) is 21.4. The highest BCUT2D eigenvalue weighted by molar-refractivity contribution is 7.15. The average Bonchev–Trinajstić information content (AvgIpc) is 3.33. The normalized spacial score (nSPS) is 17.6. The lowest BCUT2D eigenvalue weighted by atomic mass is 9.94. The maximum Gasteiger partial charge on any atom is 0.301 e. The summed E-state index contributed by atoms with van der Waals surface area (Å²) in [6.07, 6.45) is 0. The number of rotatable bonds is 5. The molecule has 1 fully saturated rings. The van der Waals surface area contributed by atoms with Gasteiger partial charge in [0, 0.05) is 5.56 Å². The minimum atomic E-state index is -1.08. The number of carbonyl (C=O) groups excluding carboxylic acids is 2. The summed E-state index contributed by atoms with van der Waals surface area (Å²) in [6, 6.07) is 9.24. The zero-order chi connectivity index (χ0) is 23.0. The molecule has 0 spiro atoms. The van der Waals surface area contributed by atoms with Gasteiger partial charge >= 0.3 is 5.91 Å². The molecule has 2 heterocycles. The number of Topliss-reactive ketones (excluding diaryl/α,β-unsaturated/α-hetero) is 1. The van der Waals surface area contributed by atoms with Gasteiger partial charge in [-0.1, -0.05) is 29.5 Å². The monoisotopic (exact) mass is 455 g/mol. The highest BCUT2D eigenvalue weighted by Crippen LogP contribution is 2.46. The summed E-state index contributed by atoms with van der Waals surface area (Å²) in [5, 5.41) is 19.9. The molecular weight excluding hydrogens is 437 g/mol. The van der Waals surface area contributed by atoms with Crippen molar-refractivity contribution in [2.75, 3.05) is 19.1 Å². The van der Waals surface area contributed by atoms with Gasteiger partial charge in [-0.2, -0.15) is 0 Å². The third kappa shape index (κ3) is 3.48. The molecular formula is C22H18FN3O5S. The number of hydrogen-bond donors (Lipinski definition) is 1. The van der Waals surface area contributed by atoms with Crippen LogP contribution in [0.25, 0.3) is 5.76 Å². The van der Waals surface area contributed by atoms with E-state index in [1.54, 1.807) is 31.2 Å². The maximum atomic E-state index is 14.0. The second kappa shape index (κ2) is 8.39. The van der Waals surface area contributed by atoms with Crippen molar-refractivity contribution in [2.45, 2.75) is 13.0 Å². The Morgan fingerprint density at radius 1 is 1.09 bits per heavy atom. The molecule has 1 saturated heterocycles. The number of methoxy groups -OCH3 is 2. The van der Waals surface area contributed by atoms with E-state index in [1.807, 2.05) is 0 Å². The summed E-state index contributed by atoms with van der Waals surface area (Å²) in [5.41, 5.74) is 0.147. The molecule has 0 saturated carbocycles. The van der Waals surface area contributed by atoms with Gasteiger partial charge in [0.15, 0.2) is 0 Å². The number of carbonyl (C=O) groups is 2. The van der Waals surface area contributed by atoms with E-state index >= 15 is 0 Å². The van der Waals surface area contributed by atoms with Gasteiger partial charge in [-0.3, -0.25) is 14.5 Å². The second-order valence-corrected chi connectivity index (χ2v) is 8.02. The van der Waals surface area contributed by atoms with Crippen LogP contribution in [0.5, 0.6) is 11.5 Å². The molecule has 1 aromatic heterocycles. The van der Waals surface area contributed by atoms with Crippen LogP contribution in [0.2, 0.25) is 0 Å². The average molecular weight is 455 g/mol. The lowest BCUT2D eigenvalue weighted by Gasteiger charge is -2.24. The molecule has 4 rings (SSSR count). The zero-order valence-electron chi connectivity index (χ0n) is 17.3. The van der Waals surface area contributed by atoms with E-state index in [-0.39, 0.29) is 22.0 Å². The Morgan fingerprint density at radius 3 is 2.47 bits per heavy atom. The van der Waals surface area contributed by atoms with E-state index in [4.69, 9.17) is 9.47 Å². The molecule has 10 heteroatoms. The highest BCUT2D eigenvalue weighted by atomic mass is 32.1. The van der Waals surface area contributed by atoms with Gasteiger partial charge in [-0.25, -0.2) is 4.39 Å². The van der Waals surface area contributed by atoms with Gasteiger partial charge in [-0.15, -0.1) is 10.2 Å². The molecule has 1 N–H and O–H groups in total. The molecule has 0 radical (unpaired) electrons. The summed E-state index contributed by atoms with van der Waals surface area (Å²) in [4.78, 5) is 27.4. The lowest BCUT2D eigenvalue weighted by Crippen LogP contribution is -2.29. The summed E-state index contributed by atoms with van der Waals surface area (Å²) < 4.78 is 24.7. The van der Waals surface area contributed by atoms with Crippen LogP contribution in [0.1, 0.15) is 22.2 Å². The Hall–Kier alpha value is -3.79. The second-order valence-electron chi connectivity index (χ2n) is 6.86. The number of aliphatic hydroxyl groups excluding tert-OH is 1. The number of aryl methyl sites for hydroxylation is 1. The molecule has 8 nitrogen and oxygen atoms in total. The fourth-order valence-corrected chi connectivity index (χ4v) is 4.32. The van der Waals surface area contributed by atoms with Gasteiger partial charge < -0.3 is 14.6 Å². The molecule has 2 aromatic carbocycles. The fraction of sp³-hybridized carbons (Fsp3) is 0.182. The van der Waals surface area contributed by atoms with Crippen LogP contribution < -0.4 is 14.4 Å². The number of hydrogen-bond acceptors (Lipinski definition) is 8. The van der Waals surface area contributed by atoms with E-state index in [9.17, 15) is 19.1 Å². The van der Waals surface area contributed by atoms with Gasteiger partial charge in [0.2, 0.25) is 5.13 Å². The number of ketones is 1. The maximum absolute atomic E-state index is 14.0. The van der Waals surface area contributed by atoms with Gasteiger partial charge in [0.05, 0.1) is 25.4 Å². The van der Waals surface area contributed by atoms with Crippen molar-refractivity contribution in [3.63, 3.8) is 0 Å². The van der Waals surface area contributed by atoms with Crippen molar-refractivity contribution in [3.05, 3.63) is 70.0 Å². The van der Waals surface area contributed by atoms with Gasteiger partial charge in [-0.05, 0) is 31.2 Å². The number of para-hydroxylation sites is 1. The lowest BCUT2D eigenvalue weighted by molar-refractivity contribution is -0.132. The van der Waals surface area contributed by atoms with E-state index in [2.05, 4.69) is 10.2 Å². The molecule has 1 aliphatic heterocycles. The summed E-state index contributed by atoms with van der Waals surface area (Å²) in [6.45, 7) is 1.72. The Morgan fingerprint density at radius 2 is 1.81 bits per heavy atom. The summed E-state index contributed by atoms with van der Waals surface area (Å²) in [7, 11) is 2.81. The topological polar surface area (TPSA) is 102 Å².